The Balaban J connectivity index is 1.48. The highest BCUT2D eigenvalue weighted by molar-refractivity contribution is 5.85. The Labute approximate surface area is 174 Å². The number of hydrogen-bond acceptors (Lipinski definition) is 6. The molecule has 0 amide bonds. The van der Waals surface area contributed by atoms with Crippen LogP contribution in [0.4, 0.5) is 8.78 Å². The maximum atomic E-state index is 12.8. The number of aromatic nitrogens is 6. The number of rotatable bonds is 7. The first kappa shape index (κ1) is 20.1. The molecule has 3 heterocycles. The second-order valence-corrected chi connectivity index (χ2v) is 6.57. The third-order valence-corrected chi connectivity index (χ3v) is 4.52. The van der Waals surface area contributed by atoms with Crippen molar-refractivity contribution >= 4 is 5.97 Å². The molecule has 0 radical (unpaired) electrons. The molecule has 0 saturated heterocycles. The second kappa shape index (κ2) is 8.30. The summed E-state index contributed by atoms with van der Waals surface area (Å²) in [6.07, 6.45) is 1.78. The molecule has 0 bridgehead atoms. The predicted octanol–water partition coefficient (Wildman–Crippen LogP) is 3.37. The fourth-order valence-electron chi connectivity index (χ4n) is 2.84. The molecule has 11 heteroatoms. The Morgan fingerprint density at radius 3 is 2.55 bits per heavy atom. The summed E-state index contributed by atoms with van der Waals surface area (Å²) in [5.74, 6) is -0.502. The third-order valence-electron chi connectivity index (χ3n) is 4.52. The first-order chi connectivity index (χ1) is 14.9. The molecule has 0 aliphatic heterocycles. The van der Waals surface area contributed by atoms with Crippen molar-refractivity contribution in [1.82, 2.24) is 29.5 Å². The van der Waals surface area contributed by atoms with Crippen LogP contribution in [0.1, 0.15) is 33.7 Å². The number of imidazole rings is 1. The topological polar surface area (TPSA) is 108 Å². The van der Waals surface area contributed by atoms with Gasteiger partial charge in [0.1, 0.15) is 12.9 Å². The standard InChI is InChI=1S/C20H16F2N6O3/c1-12-8-24-28(14-4-2-13(3-5-14)19(21)22)16(12)10-31-18-7-6-17(25-26-18)27-9-15(20(29)30)23-11-27/h2-9,11,19H,10H2,1H3,(H,29,30). The summed E-state index contributed by atoms with van der Waals surface area (Å²) in [4.78, 5) is 14.7. The summed E-state index contributed by atoms with van der Waals surface area (Å²) < 4.78 is 34.3. The van der Waals surface area contributed by atoms with Gasteiger partial charge in [-0.3, -0.25) is 4.57 Å². The summed E-state index contributed by atoms with van der Waals surface area (Å²) in [7, 11) is 0. The molecule has 4 aromatic rings. The van der Waals surface area contributed by atoms with Crippen LogP contribution in [-0.2, 0) is 6.61 Å². The second-order valence-electron chi connectivity index (χ2n) is 6.57. The van der Waals surface area contributed by atoms with Gasteiger partial charge >= 0.3 is 5.97 Å². The van der Waals surface area contributed by atoms with Crippen LogP contribution in [0.15, 0.2) is 55.1 Å². The number of aromatic carboxylic acids is 1. The highest BCUT2D eigenvalue weighted by atomic mass is 19.3. The monoisotopic (exact) mass is 426 g/mol. The van der Waals surface area contributed by atoms with Crippen molar-refractivity contribution in [2.75, 3.05) is 0 Å². The van der Waals surface area contributed by atoms with E-state index in [-0.39, 0.29) is 23.7 Å². The Bertz CT molecular complexity index is 1200. The Hall–Kier alpha value is -4.15. The Morgan fingerprint density at radius 2 is 1.94 bits per heavy atom. The Morgan fingerprint density at radius 1 is 1.16 bits per heavy atom. The van der Waals surface area contributed by atoms with Crippen LogP contribution in [0.2, 0.25) is 0 Å². The molecule has 31 heavy (non-hydrogen) atoms. The smallest absolute Gasteiger partial charge is 0.356 e. The number of ether oxygens (including phenoxy) is 1. The van der Waals surface area contributed by atoms with E-state index in [1.54, 1.807) is 35.1 Å². The van der Waals surface area contributed by atoms with Crippen molar-refractivity contribution in [3.8, 4) is 17.4 Å². The minimum absolute atomic E-state index is 0.0610. The first-order valence-corrected chi connectivity index (χ1v) is 9.08. The number of halogens is 2. The molecule has 0 atom stereocenters. The normalized spacial score (nSPS) is 11.1. The summed E-state index contributed by atoms with van der Waals surface area (Å²) in [6, 6.07) is 9.07. The van der Waals surface area contributed by atoms with Gasteiger partial charge in [0, 0.05) is 17.8 Å². The average Bonchev–Trinajstić information content (AvgIpc) is 3.40. The molecule has 3 aromatic heterocycles. The van der Waals surface area contributed by atoms with Gasteiger partial charge in [0.05, 0.1) is 17.6 Å². The maximum Gasteiger partial charge on any atom is 0.356 e. The molecule has 158 valence electrons. The largest absolute Gasteiger partial charge is 0.476 e. The van der Waals surface area contributed by atoms with Crippen LogP contribution >= 0.6 is 0 Å². The highest BCUT2D eigenvalue weighted by Crippen LogP contribution is 2.22. The van der Waals surface area contributed by atoms with E-state index in [1.165, 1.54) is 29.2 Å². The zero-order chi connectivity index (χ0) is 22.0. The molecule has 0 saturated carbocycles. The molecule has 0 aliphatic rings. The molecule has 0 unspecified atom stereocenters. The zero-order valence-electron chi connectivity index (χ0n) is 16.2. The molecular weight excluding hydrogens is 410 g/mol. The average molecular weight is 426 g/mol. The van der Waals surface area contributed by atoms with Crippen molar-refractivity contribution < 1.29 is 23.4 Å². The summed E-state index contributed by atoms with van der Waals surface area (Å²) in [6.45, 7) is 1.99. The fraction of sp³-hybridized carbons (Fsp3) is 0.150. The lowest BCUT2D eigenvalue weighted by Crippen LogP contribution is -2.08. The molecule has 0 spiro atoms. The van der Waals surface area contributed by atoms with Crippen molar-refractivity contribution in [3.63, 3.8) is 0 Å². The van der Waals surface area contributed by atoms with Crippen LogP contribution < -0.4 is 4.74 Å². The van der Waals surface area contributed by atoms with E-state index >= 15 is 0 Å². The molecule has 0 aliphatic carbocycles. The van der Waals surface area contributed by atoms with E-state index in [4.69, 9.17) is 9.84 Å². The highest BCUT2D eigenvalue weighted by Gasteiger charge is 2.13. The van der Waals surface area contributed by atoms with Gasteiger partial charge in [-0.1, -0.05) is 12.1 Å². The number of hydrogen-bond donors (Lipinski definition) is 1. The van der Waals surface area contributed by atoms with E-state index in [1.807, 2.05) is 6.92 Å². The van der Waals surface area contributed by atoms with Crippen molar-refractivity contribution in [2.45, 2.75) is 20.0 Å². The van der Waals surface area contributed by atoms with E-state index in [0.717, 1.165) is 11.3 Å². The summed E-state index contributed by atoms with van der Waals surface area (Å²) in [5.41, 5.74) is 2.06. The van der Waals surface area contributed by atoms with Gasteiger partial charge in [-0.05, 0) is 30.7 Å². The number of carboxylic acid groups (broad SMARTS) is 1. The number of alkyl halides is 2. The van der Waals surface area contributed by atoms with Crippen molar-refractivity contribution in [3.05, 3.63) is 77.6 Å². The molecule has 0 fully saturated rings. The van der Waals surface area contributed by atoms with E-state index in [2.05, 4.69) is 20.3 Å². The molecular formula is C20H16F2N6O3. The van der Waals surface area contributed by atoms with Crippen molar-refractivity contribution in [2.24, 2.45) is 0 Å². The van der Waals surface area contributed by atoms with Gasteiger partial charge in [0.15, 0.2) is 11.5 Å². The molecule has 1 N–H and O–H groups in total. The van der Waals surface area contributed by atoms with Crippen LogP contribution in [0.5, 0.6) is 5.88 Å². The van der Waals surface area contributed by atoms with Crippen LogP contribution in [-0.4, -0.2) is 40.6 Å². The van der Waals surface area contributed by atoms with Gasteiger partial charge < -0.3 is 9.84 Å². The quantitative estimate of drug-likeness (QED) is 0.483. The molecule has 9 nitrogen and oxygen atoms in total. The van der Waals surface area contributed by atoms with Crippen LogP contribution in [0.3, 0.4) is 0 Å². The van der Waals surface area contributed by atoms with E-state index in [9.17, 15) is 13.6 Å². The number of carboxylic acids is 1. The van der Waals surface area contributed by atoms with E-state index < -0.39 is 12.4 Å². The van der Waals surface area contributed by atoms with Crippen molar-refractivity contribution in [1.29, 1.82) is 0 Å². The minimum Gasteiger partial charge on any atom is -0.476 e. The minimum atomic E-state index is -2.53. The number of aryl methyl sites for hydroxylation is 1. The zero-order valence-corrected chi connectivity index (χ0v) is 16.2. The van der Waals surface area contributed by atoms with Gasteiger partial charge in [-0.25, -0.2) is 23.2 Å². The van der Waals surface area contributed by atoms with Crippen LogP contribution in [0.25, 0.3) is 11.5 Å². The lowest BCUT2D eigenvalue weighted by molar-refractivity contribution is 0.0691. The first-order valence-electron chi connectivity index (χ1n) is 9.08. The lowest BCUT2D eigenvalue weighted by atomic mass is 10.2. The predicted molar refractivity (Wildman–Crippen MR) is 104 cm³/mol. The van der Waals surface area contributed by atoms with Gasteiger partial charge in [0.25, 0.3) is 6.43 Å². The number of benzene rings is 1. The van der Waals surface area contributed by atoms with Gasteiger partial charge in [-0.2, -0.15) is 5.10 Å². The summed E-state index contributed by atoms with van der Waals surface area (Å²) >= 11 is 0. The SMILES string of the molecule is Cc1cnn(-c2ccc(C(F)F)cc2)c1COc1ccc(-n2cnc(C(=O)O)c2)nn1. The maximum absolute atomic E-state index is 12.8. The van der Waals surface area contributed by atoms with Gasteiger partial charge in [-0.15, -0.1) is 10.2 Å². The fourth-order valence-corrected chi connectivity index (χ4v) is 2.84. The number of carbonyl (C=O) groups is 1. The lowest BCUT2D eigenvalue weighted by Gasteiger charge is -2.11. The molecule has 1 aromatic carbocycles. The van der Waals surface area contributed by atoms with Crippen LogP contribution in [0, 0.1) is 6.92 Å². The Kier molecular flexibility index (Phi) is 5.39. The number of nitrogens with zero attached hydrogens (tertiary/aromatic N) is 6. The molecule has 4 rings (SSSR count). The van der Waals surface area contributed by atoms with E-state index in [0.29, 0.717) is 11.5 Å². The van der Waals surface area contributed by atoms with Gasteiger partial charge in [0.2, 0.25) is 5.88 Å². The third kappa shape index (κ3) is 4.25. The summed E-state index contributed by atoms with van der Waals surface area (Å²) in [5, 5.41) is 21.2.